The van der Waals surface area contributed by atoms with Crippen molar-refractivity contribution in [2.45, 2.75) is 39.8 Å². The summed E-state index contributed by atoms with van der Waals surface area (Å²) in [5.74, 6) is 0.836. The summed E-state index contributed by atoms with van der Waals surface area (Å²) in [7, 11) is 0. The van der Waals surface area contributed by atoms with Crippen LogP contribution in [-0.4, -0.2) is 9.55 Å². The van der Waals surface area contributed by atoms with E-state index in [0.717, 1.165) is 36.0 Å². The van der Waals surface area contributed by atoms with Gasteiger partial charge in [0.25, 0.3) is 0 Å². The summed E-state index contributed by atoms with van der Waals surface area (Å²) in [5, 5.41) is 0. The molecule has 0 amide bonds. The molecule has 2 rings (SSSR count). The molecule has 0 aliphatic rings. The Hall–Kier alpha value is -2.04. The third-order valence-electron chi connectivity index (χ3n) is 3.51. The minimum Gasteiger partial charge on any atom is -0.296 e. The van der Waals surface area contributed by atoms with Gasteiger partial charge in [0.1, 0.15) is 5.82 Å². The molecule has 118 valence electrons. The van der Waals surface area contributed by atoms with Gasteiger partial charge in [0, 0.05) is 6.42 Å². The summed E-state index contributed by atoms with van der Waals surface area (Å²) in [4.78, 5) is 4.40. The van der Waals surface area contributed by atoms with Gasteiger partial charge in [-0.2, -0.15) is 13.2 Å². The van der Waals surface area contributed by atoms with Crippen LogP contribution in [0.2, 0.25) is 0 Å². The van der Waals surface area contributed by atoms with Gasteiger partial charge in [-0.05, 0) is 49.6 Å². The molecule has 0 atom stereocenters. The van der Waals surface area contributed by atoms with Gasteiger partial charge in [-0.3, -0.25) is 4.57 Å². The Morgan fingerprint density at radius 2 is 2.00 bits per heavy atom. The molecule has 1 aromatic carbocycles. The van der Waals surface area contributed by atoms with E-state index in [9.17, 15) is 13.2 Å². The molecule has 0 N–H and O–H groups in total. The van der Waals surface area contributed by atoms with Gasteiger partial charge in [0.2, 0.25) is 0 Å². The average molecular weight is 308 g/mol. The van der Waals surface area contributed by atoms with Crippen LogP contribution in [-0.2, 0) is 12.6 Å². The molecule has 0 fully saturated rings. The van der Waals surface area contributed by atoms with Crippen molar-refractivity contribution in [3.63, 3.8) is 0 Å². The maximum Gasteiger partial charge on any atom is 0.416 e. The molecule has 0 bridgehead atoms. The molecule has 0 saturated heterocycles. The Bertz CT molecular complexity index is 696. The average Bonchev–Trinajstić information content (AvgIpc) is 2.82. The highest BCUT2D eigenvalue weighted by Gasteiger charge is 2.31. The molecular formula is C17H19F3N2. The molecule has 1 heterocycles. The van der Waals surface area contributed by atoms with Gasteiger partial charge >= 0.3 is 6.18 Å². The Labute approximate surface area is 128 Å². The van der Waals surface area contributed by atoms with E-state index < -0.39 is 11.7 Å². The minimum atomic E-state index is -4.33. The van der Waals surface area contributed by atoms with Crippen LogP contribution in [0.5, 0.6) is 0 Å². The van der Waals surface area contributed by atoms with Crippen molar-refractivity contribution >= 4 is 5.57 Å². The van der Waals surface area contributed by atoms with Gasteiger partial charge in [-0.15, -0.1) is 0 Å². The zero-order valence-corrected chi connectivity index (χ0v) is 13.0. The topological polar surface area (TPSA) is 17.8 Å². The maximum absolute atomic E-state index is 12.8. The van der Waals surface area contributed by atoms with Gasteiger partial charge in [-0.1, -0.05) is 13.5 Å². The van der Waals surface area contributed by atoms with E-state index >= 15 is 0 Å². The third-order valence-corrected chi connectivity index (χ3v) is 3.51. The number of nitrogens with zero attached hydrogens (tertiary/aromatic N) is 2. The van der Waals surface area contributed by atoms with Crippen molar-refractivity contribution in [3.05, 3.63) is 53.6 Å². The lowest BCUT2D eigenvalue weighted by atomic mass is 10.1. The van der Waals surface area contributed by atoms with Crippen LogP contribution in [0, 0.1) is 6.92 Å². The fourth-order valence-electron chi connectivity index (χ4n) is 2.44. The molecule has 0 unspecified atom stereocenters. The monoisotopic (exact) mass is 308 g/mol. The molecule has 1 aromatic heterocycles. The molecular weight excluding hydrogens is 289 g/mol. The van der Waals surface area contributed by atoms with Crippen LogP contribution >= 0.6 is 0 Å². The van der Waals surface area contributed by atoms with E-state index in [-0.39, 0.29) is 0 Å². The Balaban J connectivity index is 2.61. The van der Waals surface area contributed by atoms with E-state index in [1.165, 1.54) is 12.1 Å². The molecule has 2 aromatic rings. The lowest BCUT2D eigenvalue weighted by molar-refractivity contribution is -0.137. The summed E-state index contributed by atoms with van der Waals surface area (Å²) < 4.78 is 40.4. The predicted octanol–water partition coefficient (Wildman–Crippen LogP) is 5.19. The van der Waals surface area contributed by atoms with Crippen LogP contribution in [0.3, 0.4) is 0 Å². The summed E-state index contributed by atoms with van der Waals surface area (Å²) in [6, 6.07) is 3.79. The number of alkyl halides is 3. The van der Waals surface area contributed by atoms with E-state index in [0.29, 0.717) is 11.3 Å². The highest BCUT2D eigenvalue weighted by Crippen LogP contribution is 2.32. The molecule has 0 aliphatic heterocycles. The van der Waals surface area contributed by atoms with Crippen molar-refractivity contribution in [1.29, 1.82) is 0 Å². The second-order valence-electron chi connectivity index (χ2n) is 5.42. The first-order chi connectivity index (χ1) is 10.3. The smallest absolute Gasteiger partial charge is 0.296 e. The molecule has 0 aliphatic carbocycles. The number of hydrogen-bond donors (Lipinski definition) is 0. The Morgan fingerprint density at radius 3 is 2.50 bits per heavy atom. The Morgan fingerprint density at radius 1 is 1.32 bits per heavy atom. The molecule has 2 nitrogen and oxygen atoms in total. The summed E-state index contributed by atoms with van der Waals surface area (Å²) in [6.45, 7) is 9.52. The molecule has 5 heteroatoms. The number of aryl methyl sites for hydroxylation is 2. The fourth-order valence-corrected chi connectivity index (χ4v) is 2.44. The minimum absolute atomic E-state index is 0.563. The van der Waals surface area contributed by atoms with Gasteiger partial charge < -0.3 is 0 Å². The predicted molar refractivity (Wildman–Crippen MR) is 82.0 cm³/mol. The number of rotatable bonds is 4. The summed E-state index contributed by atoms with van der Waals surface area (Å²) in [6.07, 6.45) is -0.938. The number of imidazole rings is 1. The summed E-state index contributed by atoms with van der Waals surface area (Å²) >= 11 is 0. The standard InChI is InChI=1S/C17H19F3N2/c1-5-6-16-21-10-15(11(2)3)22(16)14-8-7-13(9-12(14)4)17(18,19)20/h7-10H,2,5-6H2,1,3-4H3. The van der Waals surface area contributed by atoms with Crippen LogP contribution < -0.4 is 0 Å². The van der Waals surface area contributed by atoms with E-state index in [1.807, 2.05) is 18.4 Å². The van der Waals surface area contributed by atoms with Crippen molar-refractivity contribution in [3.8, 4) is 5.69 Å². The van der Waals surface area contributed by atoms with Crippen molar-refractivity contribution < 1.29 is 13.2 Å². The number of hydrogen-bond acceptors (Lipinski definition) is 1. The first-order valence-corrected chi connectivity index (χ1v) is 7.16. The van der Waals surface area contributed by atoms with Crippen LogP contribution in [0.1, 0.15) is 42.9 Å². The lowest BCUT2D eigenvalue weighted by Crippen LogP contribution is -2.09. The van der Waals surface area contributed by atoms with Crippen molar-refractivity contribution in [2.75, 3.05) is 0 Å². The quantitative estimate of drug-likeness (QED) is 0.760. The third kappa shape index (κ3) is 3.08. The van der Waals surface area contributed by atoms with Crippen LogP contribution in [0.4, 0.5) is 13.2 Å². The van der Waals surface area contributed by atoms with Crippen molar-refractivity contribution in [1.82, 2.24) is 9.55 Å². The molecule has 0 spiro atoms. The second kappa shape index (κ2) is 5.99. The largest absolute Gasteiger partial charge is 0.416 e. The first-order valence-electron chi connectivity index (χ1n) is 7.16. The van der Waals surface area contributed by atoms with Crippen LogP contribution in [0.15, 0.2) is 31.0 Å². The SMILES string of the molecule is C=C(C)c1cnc(CCC)n1-c1ccc(C(F)(F)F)cc1C. The van der Waals surface area contributed by atoms with Gasteiger partial charge in [-0.25, -0.2) is 4.98 Å². The van der Waals surface area contributed by atoms with Gasteiger partial charge in [0.15, 0.2) is 0 Å². The molecule has 22 heavy (non-hydrogen) atoms. The summed E-state index contributed by atoms with van der Waals surface area (Å²) in [5.41, 5.74) is 2.29. The lowest BCUT2D eigenvalue weighted by Gasteiger charge is -2.16. The first kappa shape index (κ1) is 16.3. The van der Waals surface area contributed by atoms with E-state index in [4.69, 9.17) is 0 Å². The zero-order valence-electron chi connectivity index (χ0n) is 13.0. The number of allylic oxidation sites excluding steroid dienone is 1. The normalized spacial score (nSPS) is 11.7. The molecule has 0 saturated carbocycles. The number of aromatic nitrogens is 2. The molecule has 0 radical (unpaired) electrons. The highest BCUT2D eigenvalue weighted by molar-refractivity contribution is 5.61. The highest BCUT2D eigenvalue weighted by atomic mass is 19.4. The van der Waals surface area contributed by atoms with Crippen LogP contribution in [0.25, 0.3) is 11.3 Å². The second-order valence-corrected chi connectivity index (χ2v) is 5.42. The fraction of sp³-hybridized carbons (Fsp3) is 0.353. The number of halogens is 3. The Kier molecular flexibility index (Phi) is 4.44. The van der Waals surface area contributed by atoms with E-state index in [2.05, 4.69) is 11.6 Å². The van der Waals surface area contributed by atoms with E-state index in [1.54, 1.807) is 13.1 Å². The van der Waals surface area contributed by atoms with Gasteiger partial charge in [0.05, 0.1) is 23.1 Å². The zero-order chi connectivity index (χ0) is 16.5. The maximum atomic E-state index is 12.8. The van der Waals surface area contributed by atoms with Crippen molar-refractivity contribution in [2.24, 2.45) is 0 Å². The number of benzene rings is 1.